The maximum atomic E-state index is 9.91. The zero-order valence-electron chi connectivity index (χ0n) is 8.85. The first-order valence-corrected chi connectivity index (χ1v) is 5.03. The van der Waals surface area contributed by atoms with Crippen LogP contribution >= 0.6 is 0 Å². The molecule has 0 saturated carbocycles. The summed E-state index contributed by atoms with van der Waals surface area (Å²) in [4.78, 5) is 0. The van der Waals surface area contributed by atoms with Crippen LogP contribution in [0.2, 0.25) is 0 Å². The number of rotatable bonds is 6. The molecule has 74 valence electrons. The van der Waals surface area contributed by atoms with Crippen molar-refractivity contribution in [1.82, 2.24) is 5.32 Å². The molecule has 1 atom stereocenters. The lowest BCUT2D eigenvalue weighted by Crippen LogP contribution is -2.42. The molecule has 0 aliphatic heterocycles. The van der Waals surface area contributed by atoms with E-state index >= 15 is 0 Å². The zero-order chi connectivity index (χ0) is 9.61. The molecule has 0 aromatic heterocycles. The first kappa shape index (κ1) is 11.9. The van der Waals surface area contributed by atoms with Crippen LogP contribution in [0.4, 0.5) is 0 Å². The van der Waals surface area contributed by atoms with Crippen molar-refractivity contribution >= 4 is 0 Å². The van der Waals surface area contributed by atoms with Crippen LogP contribution in [0, 0.1) is 0 Å². The van der Waals surface area contributed by atoms with E-state index in [9.17, 15) is 5.11 Å². The summed E-state index contributed by atoms with van der Waals surface area (Å²) in [7, 11) is 0. The summed E-state index contributed by atoms with van der Waals surface area (Å²) >= 11 is 0. The summed E-state index contributed by atoms with van der Waals surface area (Å²) in [5.74, 6) is 0. The second kappa shape index (κ2) is 5.55. The van der Waals surface area contributed by atoms with Crippen molar-refractivity contribution in [2.75, 3.05) is 6.54 Å². The molecular formula is C10H23NO. The van der Waals surface area contributed by atoms with E-state index in [-0.39, 0.29) is 0 Å². The fourth-order valence-electron chi connectivity index (χ4n) is 1.01. The minimum Gasteiger partial charge on any atom is -0.389 e. The minimum atomic E-state index is -0.497. The molecule has 12 heavy (non-hydrogen) atoms. The lowest BCUT2D eigenvalue weighted by molar-refractivity contribution is 0.0303. The fraction of sp³-hybridized carbons (Fsp3) is 1.00. The molecule has 2 N–H and O–H groups in total. The van der Waals surface area contributed by atoms with Crippen LogP contribution in [-0.2, 0) is 0 Å². The van der Waals surface area contributed by atoms with Crippen molar-refractivity contribution < 1.29 is 5.11 Å². The average molecular weight is 173 g/mol. The molecule has 0 spiro atoms. The van der Waals surface area contributed by atoms with E-state index in [1.54, 1.807) is 0 Å². The fourth-order valence-corrected chi connectivity index (χ4v) is 1.01. The highest BCUT2D eigenvalue weighted by molar-refractivity contribution is 4.78. The summed E-state index contributed by atoms with van der Waals surface area (Å²) in [6.07, 6.45) is 2.77. The maximum Gasteiger partial charge on any atom is 0.0766 e. The molecule has 2 heteroatoms. The Bertz CT molecular complexity index is 110. The Labute approximate surface area is 76.4 Å². The van der Waals surface area contributed by atoms with Gasteiger partial charge in [0.1, 0.15) is 0 Å². The molecular weight excluding hydrogens is 150 g/mol. The van der Waals surface area contributed by atoms with Gasteiger partial charge in [-0.2, -0.15) is 0 Å². The Kier molecular flexibility index (Phi) is 5.51. The molecule has 1 unspecified atom stereocenters. The van der Waals surface area contributed by atoms with Gasteiger partial charge in [0, 0.05) is 12.6 Å². The largest absolute Gasteiger partial charge is 0.389 e. The molecule has 0 aromatic carbocycles. The molecule has 0 aliphatic rings. The summed E-state index contributed by atoms with van der Waals surface area (Å²) in [5.41, 5.74) is -0.497. The molecule has 0 aliphatic carbocycles. The van der Waals surface area contributed by atoms with Crippen molar-refractivity contribution in [3.05, 3.63) is 0 Å². The summed E-state index contributed by atoms with van der Waals surface area (Å²) in [6.45, 7) is 9.07. The van der Waals surface area contributed by atoms with Gasteiger partial charge in [0.05, 0.1) is 5.60 Å². The van der Waals surface area contributed by atoms with Crippen molar-refractivity contribution in [3.63, 3.8) is 0 Å². The number of hydrogen-bond donors (Lipinski definition) is 2. The normalized spacial score (nSPS) is 14.8. The number of aliphatic hydroxyl groups is 1. The van der Waals surface area contributed by atoms with Gasteiger partial charge in [-0.3, -0.25) is 0 Å². The van der Waals surface area contributed by atoms with E-state index in [1.807, 2.05) is 13.8 Å². The summed E-state index contributed by atoms with van der Waals surface area (Å²) in [6, 6.07) is 0.509. The predicted octanol–water partition coefficient (Wildman–Crippen LogP) is 1.93. The third kappa shape index (κ3) is 4.07. The molecule has 0 bridgehead atoms. The highest BCUT2D eigenvalue weighted by atomic mass is 16.3. The van der Waals surface area contributed by atoms with Crippen molar-refractivity contribution in [1.29, 1.82) is 0 Å². The van der Waals surface area contributed by atoms with Crippen molar-refractivity contribution in [2.45, 2.75) is 58.6 Å². The third-order valence-corrected chi connectivity index (χ3v) is 2.71. The molecule has 0 amide bonds. The zero-order valence-corrected chi connectivity index (χ0v) is 8.85. The molecule has 0 saturated heterocycles. The molecule has 0 aromatic rings. The summed E-state index contributed by atoms with van der Waals surface area (Å²) in [5, 5.41) is 13.2. The van der Waals surface area contributed by atoms with Gasteiger partial charge >= 0.3 is 0 Å². The number of nitrogens with one attached hydrogen (secondary N) is 1. The van der Waals surface area contributed by atoms with Gasteiger partial charge in [0.2, 0.25) is 0 Å². The van der Waals surface area contributed by atoms with E-state index in [1.165, 1.54) is 0 Å². The van der Waals surface area contributed by atoms with Crippen LogP contribution in [0.15, 0.2) is 0 Å². The molecule has 0 radical (unpaired) electrons. The Morgan fingerprint density at radius 3 is 2.08 bits per heavy atom. The highest BCUT2D eigenvalue weighted by Crippen LogP contribution is 2.13. The quantitative estimate of drug-likeness (QED) is 0.643. The van der Waals surface area contributed by atoms with Crippen LogP contribution in [0.5, 0.6) is 0 Å². The van der Waals surface area contributed by atoms with Gasteiger partial charge in [-0.15, -0.1) is 0 Å². The Balaban J connectivity index is 3.72. The first-order valence-electron chi connectivity index (χ1n) is 5.03. The molecule has 0 rings (SSSR count). The molecule has 2 nitrogen and oxygen atoms in total. The van der Waals surface area contributed by atoms with E-state index in [0.29, 0.717) is 6.04 Å². The van der Waals surface area contributed by atoms with Gasteiger partial charge < -0.3 is 10.4 Å². The minimum absolute atomic E-state index is 0.497. The monoisotopic (exact) mass is 173 g/mol. The van der Waals surface area contributed by atoms with E-state index in [0.717, 1.165) is 25.8 Å². The average Bonchev–Trinajstić information content (AvgIpc) is 2.13. The molecule has 0 heterocycles. The smallest absolute Gasteiger partial charge is 0.0766 e. The number of hydrogen-bond acceptors (Lipinski definition) is 2. The van der Waals surface area contributed by atoms with Gasteiger partial charge in [0.15, 0.2) is 0 Å². The Morgan fingerprint density at radius 1 is 1.25 bits per heavy atom. The standard InChI is InChI=1S/C10H23NO/c1-5-9(4)11-8-10(12,6-2)7-3/h9,11-12H,5-8H2,1-4H3. The van der Waals surface area contributed by atoms with Crippen LogP contribution in [0.1, 0.15) is 47.0 Å². The Hall–Kier alpha value is -0.0800. The van der Waals surface area contributed by atoms with E-state index in [2.05, 4.69) is 19.2 Å². The SMILES string of the molecule is CCC(C)NCC(O)(CC)CC. The second-order valence-corrected chi connectivity index (χ2v) is 3.62. The topological polar surface area (TPSA) is 32.3 Å². The van der Waals surface area contributed by atoms with Gasteiger partial charge in [-0.25, -0.2) is 0 Å². The Morgan fingerprint density at radius 2 is 1.75 bits per heavy atom. The lowest BCUT2D eigenvalue weighted by atomic mass is 9.97. The van der Waals surface area contributed by atoms with Gasteiger partial charge in [0.25, 0.3) is 0 Å². The van der Waals surface area contributed by atoms with Crippen LogP contribution in [0.25, 0.3) is 0 Å². The lowest BCUT2D eigenvalue weighted by Gasteiger charge is -2.27. The third-order valence-electron chi connectivity index (χ3n) is 2.71. The molecule has 0 fully saturated rings. The van der Waals surface area contributed by atoms with Crippen LogP contribution in [-0.4, -0.2) is 23.3 Å². The van der Waals surface area contributed by atoms with E-state index < -0.39 is 5.60 Å². The van der Waals surface area contributed by atoms with Gasteiger partial charge in [-0.05, 0) is 26.2 Å². The predicted molar refractivity (Wildman–Crippen MR) is 53.3 cm³/mol. The van der Waals surface area contributed by atoms with Crippen LogP contribution < -0.4 is 5.32 Å². The highest BCUT2D eigenvalue weighted by Gasteiger charge is 2.21. The van der Waals surface area contributed by atoms with Gasteiger partial charge in [-0.1, -0.05) is 20.8 Å². The van der Waals surface area contributed by atoms with E-state index in [4.69, 9.17) is 0 Å². The maximum absolute atomic E-state index is 9.91. The van der Waals surface area contributed by atoms with Crippen LogP contribution in [0.3, 0.4) is 0 Å². The van der Waals surface area contributed by atoms with Crippen molar-refractivity contribution in [3.8, 4) is 0 Å². The van der Waals surface area contributed by atoms with Crippen molar-refractivity contribution in [2.24, 2.45) is 0 Å². The first-order chi connectivity index (χ1) is 5.58. The summed E-state index contributed by atoms with van der Waals surface area (Å²) < 4.78 is 0. The second-order valence-electron chi connectivity index (χ2n) is 3.62.